The number of rotatable bonds is 6. The van der Waals surface area contributed by atoms with Crippen LogP contribution in [0, 0.1) is 5.92 Å². The Morgan fingerprint density at radius 2 is 1.68 bits per heavy atom. The van der Waals surface area contributed by atoms with Crippen LogP contribution in [0.3, 0.4) is 0 Å². The van der Waals surface area contributed by atoms with Gasteiger partial charge in [-0.25, -0.2) is 4.79 Å². The lowest BCUT2D eigenvalue weighted by Gasteiger charge is -2.34. The lowest BCUT2D eigenvalue weighted by molar-refractivity contribution is -0.131. The molecule has 1 aromatic carbocycles. The van der Waals surface area contributed by atoms with E-state index < -0.39 is 0 Å². The van der Waals surface area contributed by atoms with E-state index in [2.05, 4.69) is 19.2 Å². The van der Waals surface area contributed by atoms with Crippen molar-refractivity contribution in [3.63, 3.8) is 0 Å². The first-order valence-corrected chi connectivity index (χ1v) is 9.38. The van der Waals surface area contributed by atoms with Gasteiger partial charge in [-0.15, -0.1) is 0 Å². The van der Waals surface area contributed by atoms with Crippen LogP contribution in [-0.2, 0) is 11.2 Å². The predicted molar refractivity (Wildman–Crippen MR) is 101 cm³/mol. The van der Waals surface area contributed by atoms with Crippen molar-refractivity contribution in [1.82, 2.24) is 15.1 Å². The van der Waals surface area contributed by atoms with E-state index in [4.69, 9.17) is 11.6 Å². The molecule has 6 heteroatoms. The molecule has 0 bridgehead atoms. The van der Waals surface area contributed by atoms with Crippen LogP contribution in [0.15, 0.2) is 24.3 Å². The van der Waals surface area contributed by atoms with Crippen molar-refractivity contribution >= 4 is 23.5 Å². The Labute approximate surface area is 155 Å². The number of nitrogens with one attached hydrogen (secondary N) is 1. The minimum Gasteiger partial charge on any atom is -0.339 e. The summed E-state index contributed by atoms with van der Waals surface area (Å²) in [5.74, 6) is 0.756. The highest BCUT2D eigenvalue weighted by Gasteiger charge is 2.23. The van der Waals surface area contributed by atoms with Crippen LogP contribution in [0.1, 0.15) is 32.3 Å². The highest BCUT2D eigenvalue weighted by molar-refractivity contribution is 6.30. The number of piperazine rings is 1. The SMILES string of the molecule is CC(C)CCCNC(=O)N1CCN(C(=O)Cc2ccc(Cl)cc2)CC1. The summed E-state index contributed by atoms with van der Waals surface area (Å²) in [6.45, 7) is 7.43. The molecule has 0 radical (unpaired) electrons. The van der Waals surface area contributed by atoms with Gasteiger partial charge in [0.15, 0.2) is 0 Å². The van der Waals surface area contributed by atoms with Crippen LogP contribution in [0.5, 0.6) is 0 Å². The Balaban J connectivity index is 1.70. The van der Waals surface area contributed by atoms with Gasteiger partial charge in [-0.2, -0.15) is 0 Å². The maximum absolute atomic E-state index is 12.4. The molecule has 0 atom stereocenters. The third-order valence-electron chi connectivity index (χ3n) is 4.42. The van der Waals surface area contributed by atoms with Gasteiger partial charge in [0.2, 0.25) is 5.91 Å². The predicted octanol–water partition coefficient (Wildman–Crippen LogP) is 3.17. The van der Waals surface area contributed by atoms with Crippen molar-refractivity contribution in [1.29, 1.82) is 0 Å². The van der Waals surface area contributed by atoms with E-state index in [0.717, 1.165) is 18.4 Å². The van der Waals surface area contributed by atoms with Gasteiger partial charge in [0, 0.05) is 37.7 Å². The standard InChI is InChI=1S/C19H28ClN3O2/c1-15(2)4-3-9-21-19(25)23-12-10-22(11-13-23)18(24)14-16-5-7-17(20)8-6-16/h5-8,15H,3-4,9-14H2,1-2H3,(H,21,25). The summed E-state index contributed by atoms with van der Waals surface area (Å²) in [5, 5.41) is 3.64. The first kappa shape index (κ1) is 19.6. The number of hydrogen-bond donors (Lipinski definition) is 1. The van der Waals surface area contributed by atoms with Crippen LogP contribution in [0.4, 0.5) is 4.79 Å². The molecule has 1 fully saturated rings. The second-order valence-corrected chi connectivity index (χ2v) is 7.38. The summed E-state index contributed by atoms with van der Waals surface area (Å²) in [7, 11) is 0. The summed E-state index contributed by atoms with van der Waals surface area (Å²) >= 11 is 5.86. The molecular formula is C19H28ClN3O2. The van der Waals surface area contributed by atoms with E-state index in [0.29, 0.717) is 50.1 Å². The van der Waals surface area contributed by atoms with E-state index >= 15 is 0 Å². The number of carbonyl (C=O) groups is 2. The smallest absolute Gasteiger partial charge is 0.317 e. The van der Waals surface area contributed by atoms with Gasteiger partial charge in [0.1, 0.15) is 0 Å². The van der Waals surface area contributed by atoms with E-state index in [9.17, 15) is 9.59 Å². The van der Waals surface area contributed by atoms with Gasteiger partial charge in [0.25, 0.3) is 0 Å². The molecule has 1 aliphatic rings. The Hall–Kier alpha value is -1.75. The fourth-order valence-corrected chi connectivity index (χ4v) is 2.99. The van der Waals surface area contributed by atoms with Crippen LogP contribution >= 0.6 is 11.6 Å². The number of carbonyl (C=O) groups excluding carboxylic acids is 2. The van der Waals surface area contributed by atoms with Gasteiger partial charge < -0.3 is 15.1 Å². The Bertz CT molecular complexity index is 567. The Morgan fingerprint density at radius 1 is 1.08 bits per heavy atom. The highest BCUT2D eigenvalue weighted by atomic mass is 35.5. The fraction of sp³-hybridized carbons (Fsp3) is 0.579. The maximum Gasteiger partial charge on any atom is 0.317 e. The van der Waals surface area contributed by atoms with Gasteiger partial charge >= 0.3 is 6.03 Å². The normalized spacial score (nSPS) is 14.7. The van der Waals surface area contributed by atoms with Crippen LogP contribution in [0.25, 0.3) is 0 Å². The Kier molecular flexibility index (Phi) is 7.56. The topological polar surface area (TPSA) is 52.7 Å². The molecule has 2 rings (SSSR count). The Morgan fingerprint density at radius 3 is 2.28 bits per heavy atom. The minimum absolute atomic E-state index is 0.0199. The second-order valence-electron chi connectivity index (χ2n) is 6.94. The molecule has 1 N–H and O–H groups in total. The van der Waals surface area contributed by atoms with Crippen molar-refractivity contribution in [2.45, 2.75) is 33.1 Å². The number of nitrogens with zero attached hydrogens (tertiary/aromatic N) is 2. The minimum atomic E-state index is -0.0199. The number of halogens is 1. The molecule has 0 aromatic heterocycles. The third-order valence-corrected chi connectivity index (χ3v) is 4.67. The highest BCUT2D eigenvalue weighted by Crippen LogP contribution is 2.12. The molecule has 1 aliphatic heterocycles. The lowest BCUT2D eigenvalue weighted by atomic mass is 10.1. The number of hydrogen-bond acceptors (Lipinski definition) is 2. The molecule has 0 spiro atoms. The molecule has 3 amide bonds. The fourth-order valence-electron chi connectivity index (χ4n) is 2.87. The molecule has 0 saturated carbocycles. The number of urea groups is 1. The summed E-state index contributed by atoms with van der Waals surface area (Å²) in [6, 6.07) is 7.33. The summed E-state index contributed by atoms with van der Waals surface area (Å²) in [5.41, 5.74) is 0.958. The molecular weight excluding hydrogens is 338 g/mol. The van der Waals surface area contributed by atoms with Gasteiger partial charge in [-0.1, -0.05) is 37.6 Å². The number of benzene rings is 1. The van der Waals surface area contributed by atoms with E-state index in [1.807, 2.05) is 17.0 Å². The van der Waals surface area contributed by atoms with E-state index in [-0.39, 0.29) is 11.9 Å². The number of amides is 3. The molecule has 1 heterocycles. The monoisotopic (exact) mass is 365 g/mol. The molecule has 138 valence electrons. The molecule has 0 unspecified atom stereocenters. The van der Waals surface area contributed by atoms with Crippen LogP contribution in [-0.4, -0.2) is 54.5 Å². The largest absolute Gasteiger partial charge is 0.339 e. The van der Waals surface area contributed by atoms with Gasteiger partial charge in [-0.3, -0.25) is 4.79 Å². The second kappa shape index (κ2) is 9.66. The quantitative estimate of drug-likeness (QED) is 0.787. The van der Waals surface area contributed by atoms with Crippen molar-refractivity contribution in [3.05, 3.63) is 34.9 Å². The van der Waals surface area contributed by atoms with E-state index in [1.165, 1.54) is 0 Å². The summed E-state index contributed by atoms with van der Waals surface area (Å²) < 4.78 is 0. The molecule has 1 aromatic rings. The van der Waals surface area contributed by atoms with E-state index in [1.54, 1.807) is 17.0 Å². The summed E-state index contributed by atoms with van der Waals surface area (Å²) in [6.07, 6.45) is 2.49. The van der Waals surface area contributed by atoms with Crippen molar-refractivity contribution < 1.29 is 9.59 Å². The molecule has 5 nitrogen and oxygen atoms in total. The van der Waals surface area contributed by atoms with Gasteiger partial charge in [0.05, 0.1) is 6.42 Å². The third kappa shape index (κ3) is 6.58. The van der Waals surface area contributed by atoms with Crippen LogP contribution in [0.2, 0.25) is 5.02 Å². The zero-order valence-corrected chi connectivity index (χ0v) is 15.9. The summed E-state index contributed by atoms with van der Waals surface area (Å²) in [4.78, 5) is 28.1. The molecule has 1 saturated heterocycles. The maximum atomic E-state index is 12.4. The average molecular weight is 366 g/mol. The van der Waals surface area contributed by atoms with Crippen molar-refractivity contribution in [2.75, 3.05) is 32.7 Å². The average Bonchev–Trinajstić information content (AvgIpc) is 2.60. The van der Waals surface area contributed by atoms with Gasteiger partial charge in [-0.05, 0) is 36.5 Å². The first-order chi connectivity index (χ1) is 12.0. The lowest BCUT2D eigenvalue weighted by Crippen LogP contribution is -2.53. The van der Waals surface area contributed by atoms with Crippen molar-refractivity contribution in [3.8, 4) is 0 Å². The molecule has 25 heavy (non-hydrogen) atoms. The van der Waals surface area contributed by atoms with Crippen LogP contribution < -0.4 is 5.32 Å². The first-order valence-electron chi connectivity index (χ1n) is 9.00. The molecule has 0 aliphatic carbocycles. The zero-order valence-electron chi connectivity index (χ0n) is 15.1. The van der Waals surface area contributed by atoms with Crippen molar-refractivity contribution in [2.24, 2.45) is 5.92 Å². The zero-order chi connectivity index (χ0) is 18.2.